The summed E-state index contributed by atoms with van der Waals surface area (Å²) in [6.45, 7) is 3.86. The minimum Gasteiger partial charge on any atom is -0.394 e. The molecule has 1 amide bonds. The minimum absolute atomic E-state index is 0.136. The molecule has 1 saturated heterocycles. The Labute approximate surface area is 388 Å². The van der Waals surface area contributed by atoms with Gasteiger partial charge in [-0.2, -0.15) is 0 Å². The molecule has 9 nitrogen and oxygen atoms in total. The molecule has 7 atom stereocenters. The molecule has 0 radical (unpaired) electrons. The third kappa shape index (κ3) is 34.8. The van der Waals surface area contributed by atoms with Crippen LogP contribution in [0.15, 0.2) is 12.2 Å². The molecule has 63 heavy (non-hydrogen) atoms. The van der Waals surface area contributed by atoms with E-state index in [9.17, 15) is 30.3 Å². The second kappa shape index (κ2) is 44.7. The Morgan fingerprint density at radius 1 is 0.524 bits per heavy atom. The average molecular weight is 896 g/mol. The summed E-state index contributed by atoms with van der Waals surface area (Å²) in [6, 6.07) is -0.718. The Kier molecular flexibility index (Phi) is 42.6. The lowest BCUT2D eigenvalue weighted by atomic mass is 9.99. The van der Waals surface area contributed by atoms with Crippen LogP contribution in [-0.2, 0) is 14.3 Å². The van der Waals surface area contributed by atoms with Crippen LogP contribution in [0.1, 0.15) is 271 Å². The number of hydrogen-bond acceptors (Lipinski definition) is 8. The summed E-state index contributed by atoms with van der Waals surface area (Å²) in [5.74, 6) is -0.145. The van der Waals surface area contributed by atoms with Crippen molar-refractivity contribution in [3.05, 3.63) is 12.2 Å². The van der Waals surface area contributed by atoms with Crippen LogP contribution in [0.3, 0.4) is 0 Å². The van der Waals surface area contributed by atoms with Crippen LogP contribution in [-0.4, -0.2) is 87.5 Å². The van der Waals surface area contributed by atoms with Crippen LogP contribution >= 0.6 is 0 Å². The number of allylic oxidation sites excluding steroid dienone is 2. The van der Waals surface area contributed by atoms with Crippen LogP contribution < -0.4 is 5.32 Å². The van der Waals surface area contributed by atoms with E-state index in [1.165, 1.54) is 205 Å². The van der Waals surface area contributed by atoms with Crippen molar-refractivity contribution in [3.63, 3.8) is 0 Å². The minimum atomic E-state index is -1.55. The fraction of sp³-hybridized carbons (Fsp3) is 0.944. The van der Waals surface area contributed by atoms with Crippen LogP contribution in [0.25, 0.3) is 0 Å². The molecule has 1 aliphatic heterocycles. The topological polar surface area (TPSA) is 149 Å². The lowest BCUT2D eigenvalue weighted by molar-refractivity contribution is -0.302. The monoisotopic (exact) mass is 896 g/mol. The molecule has 9 heteroatoms. The zero-order chi connectivity index (χ0) is 45.9. The SMILES string of the molecule is CCCCCCCCC/C=C\CCCCCCCCCC(=O)NC(COC1OC(CO)C(O)C(O)C1O)C(O)CCCCCCCCCCCCCCCCCCCCCCCC. The number of unbranched alkanes of at least 4 members (excludes halogenated alkanes) is 35. The Morgan fingerprint density at radius 3 is 1.29 bits per heavy atom. The third-order valence-corrected chi connectivity index (χ3v) is 13.4. The molecule has 374 valence electrons. The highest BCUT2D eigenvalue weighted by Gasteiger charge is 2.44. The molecule has 0 aromatic heterocycles. The molecule has 1 fully saturated rings. The van der Waals surface area contributed by atoms with Crippen molar-refractivity contribution in [1.82, 2.24) is 5.32 Å². The second-order valence-electron chi connectivity index (χ2n) is 19.4. The zero-order valence-corrected chi connectivity index (χ0v) is 41.4. The van der Waals surface area contributed by atoms with E-state index in [0.717, 1.165) is 38.5 Å². The molecule has 1 aliphatic rings. The first kappa shape index (κ1) is 59.9. The number of aliphatic hydroxyl groups is 5. The summed E-state index contributed by atoms with van der Waals surface area (Å²) in [6.07, 6.45) is 46.6. The largest absolute Gasteiger partial charge is 0.394 e. The Balaban J connectivity index is 2.23. The molecule has 6 N–H and O–H groups in total. The first-order valence-electron chi connectivity index (χ1n) is 27.4. The van der Waals surface area contributed by atoms with E-state index in [-0.39, 0.29) is 12.5 Å². The number of hydrogen-bond donors (Lipinski definition) is 6. The second-order valence-corrected chi connectivity index (χ2v) is 19.4. The van der Waals surface area contributed by atoms with E-state index in [4.69, 9.17) is 9.47 Å². The lowest BCUT2D eigenvalue weighted by Crippen LogP contribution is -2.60. The highest BCUT2D eigenvalue weighted by Crippen LogP contribution is 2.23. The molecule has 0 bridgehead atoms. The Hall–Kier alpha value is -1.07. The highest BCUT2D eigenvalue weighted by atomic mass is 16.7. The Bertz CT molecular complexity index is 997. The maximum absolute atomic E-state index is 13.0. The van der Waals surface area contributed by atoms with Crippen LogP contribution in [0.5, 0.6) is 0 Å². The maximum Gasteiger partial charge on any atom is 0.220 e. The van der Waals surface area contributed by atoms with Gasteiger partial charge in [-0.05, 0) is 38.5 Å². The van der Waals surface area contributed by atoms with Gasteiger partial charge in [0.25, 0.3) is 0 Å². The number of carbonyl (C=O) groups excluding carboxylic acids is 1. The Morgan fingerprint density at radius 2 is 0.889 bits per heavy atom. The first-order chi connectivity index (χ1) is 30.8. The van der Waals surface area contributed by atoms with Gasteiger partial charge in [0.1, 0.15) is 24.4 Å². The van der Waals surface area contributed by atoms with Crippen molar-refractivity contribution in [2.75, 3.05) is 13.2 Å². The zero-order valence-electron chi connectivity index (χ0n) is 41.4. The number of aliphatic hydroxyl groups excluding tert-OH is 5. The summed E-state index contributed by atoms with van der Waals surface area (Å²) in [7, 11) is 0. The van der Waals surface area contributed by atoms with Gasteiger partial charge >= 0.3 is 0 Å². The molecule has 1 rings (SSSR count). The van der Waals surface area contributed by atoms with Crippen molar-refractivity contribution in [1.29, 1.82) is 0 Å². The van der Waals surface area contributed by atoms with Crippen molar-refractivity contribution >= 4 is 5.91 Å². The number of ether oxygens (including phenoxy) is 2. The summed E-state index contributed by atoms with van der Waals surface area (Å²) in [5, 5.41) is 54.6. The maximum atomic E-state index is 13.0. The quantitative estimate of drug-likeness (QED) is 0.0261. The molecule has 7 unspecified atom stereocenters. The predicted molar refractivity (Wildman–Crippen MR) is 263 cm³/mol. The van der Waals surface area contributed by atoms with Crippen LogP contribution in [0.2, 0.25) is 0 Å². The molecular weight excluding hydrogens is 791 g/mol. The molecular formula is C54H105NO8. The van der Waals surface area contributed by atoms with Crippen molar-refractivity contribution in [2.24, 2.45) is 0 Å². The summed E-state index contributed by atoms with van der Waals surface area (Å²) < 4.78 is 11.3. The molecule has 0 aliphatic carbocycles. The summed E-state index contributed by atoms with van der Waals surface area (Å²) in [4.78, 5) is 13.0. The number of amides is 1. The standard InChI is InChI=1S/C54H105NO8/c1-3-5-7-9-11-13-15-17-19-21-23-24-25-26-27-29-31-33-35-37-39-41-43-48(57)47(46-62-54-53(61)52(60)51(59)49(45-56)63-54)55-50(58)44-42-40-38-36-34-32-30-28-22-20-18-16-14-12-10-8-6-4-2/h20,22,47-49,51-54,56-57,59-61H,3-19,21,23-46H2,1-2H3,(H,55,58)/b22-20-. The highest BCUT2D eigenvalue weighted by molar-refractivity contribution is 5.76. The first-order valence-corrected chi connectivity index (χ1v) is 27.4. The molecule has 0 aromatic rings. The van der Waals surface area contributed by atoms with Gasteiger partial charge in [-0.25, -0.2) is 0 Å². The van der Waals surface area contributed by atoms with Crippen molar-refractivity contribution < 1.29 is 39.8 Å². The fourth-order valence-electron chi connectivity index (χ4n) is 8.98. The fourth-order valence-corrected chi connectivity index (χ4v) is 8.98. The average Bonchev–Trinajstić information content (AvgIpc) is 3.28. The molecule has 1 heterocycles. The normalized spacial score (nSPS) is 20.1. The number of carbonyl (C=O) groups is 1. The van der Waals surface area contributed by atoms with Gasteiger partial charge in [-0.15, -0.1) is 0 Å². The lowest BCUT2D eigenvalue weighted by Gasteiger charge is -2.40. The summed E-state index contributed by atoms with van der Waals surface area (Å²) in [5.41, 5.74) is 0. The van der Waals surface area contributed by atoms with E-state index in [1.807, 2.05) is 0 Å². The molecule has 0 saturated carbocycles. The number of nitrogens with one attached hydrogen (secondary N) is 1. The summed E-state index contributed by atoms with van der Waals surface area (Å²) >= 11 is 0. The van der Waals surface area contributed by atoms with E-state index < -0.39 is 49.5 Å². The number of rotatable bonds is 47. The van der Waals surface area contributed by atoms with E-state index in [0.29, 0.717) is 12.8 Å². The van der Waals surface area contributed by atoms with Gasteiger partial charge in [0.05, 0.1) is 25.4 Å². The third-order valence-electron chi connectivity index (χ3n) is 13.4. The van der Waals surface area contributed by atoms with Crippen LogP contribution in [0, 0.1) is 0 Å². The van der Waals surface area contributed by atoms with Crippen molar-refractivity contribution in [2.45, 2.75) is 314 Å². The van der Waals surface area contributed by atoms with Gasteiger partial charge < -0.3 is 40.3 Å². The van der Waals surface area contributed by atoms with Gasteiger partial charge in [0.2, 0.25) is 5.91 Å². The van der Waals surface area contributed by atoms with Gasteiger partial charge in [0, 0.05) is 6.42 Å². The van der Waals surface area contributed by atoms with Gasteiger partial charge in [-0.1, -0.05) is 238 Å². The van der Waals surface area contributed by atoms with E-state index >= 15 is 0 Å². The predicted octanol–water partition coefficient (Wildman–Crippen LogP) is 12.8. The van der Waals surface area contributed by atoms with Gasteiger partial charge in [0.15, 0.2) is 6.29 Å². The van der Waals surface area contributed by atoms with E-state index in [1.54, 1.807) is 0 Å². The molecule has 0 spiro atoms. The molecule has 0 aromatic carbocycles. The van der Waals surface area contributed by atoms with Crippen molar-refractivity contribution in [3.8, 4) is 0 Å². The van der Waals surface area contributed by atoms with Gasteiger partial charge in [-0.3, -0.25) is 4.79 Å². The van der Waals surface area contributed by atoms with Crippen LogP contribution in [0.4, 0.5) is 0 Å². The smallest absolute Gasteiger partial charge is 0.220 e. The van der Waals surface area contributed by atoms with E-state index in [2.05, 4.69) is 31.3 Å².